The number of thiophene rings is 1. The number of rotatable bonds is 11. The first kappa shape index (κ1) is 33.6. The first-order valence-corrected chi connectivity index (χ1v) is 17.0. The van der Waals surface area contributed by atoms with Crippen molar-refractivity contribution in [3.05, 3.63) is 118 Å². The van der Waals surface area contributed by atoms with Crippen molar-refractivity contribution in [2.24, 2.45) is 0 Å². The summed E-state index contributed by atoms with van der Waals surface area (Å²) in [4.78, 5) is 54.3. The summed E-state index contributed by atoms with van der Waals surface area (Å²) in [6.45, 7) is 3.78. The van der Waals surface area contributed by atoms with Gasteiger partial charge in [-0.1, -0.05) is 36.4 Å². The van der Waals surface area contributed by atoms with Crippen molar-refractivity contribution in [2.75, 3.05) is 17.2 Å². The number of halogens is 1. The Morgan fingerprint density at radius 2 is 1.70 bits per heavy atom. The molecule has 1 unspecified atom stereocenters. The minimum atomic E-state index is -0.584. The van der Waals surface area contributed by atoms with E-state index in [1.54, 1.807) is 62.4 Å². The molecular formula is C36H34FN3O5S2. The number of carbonyl (C=O) groups is 4. The number of esters is 1. The number of carbonyl (C=O) groups excluding carboxylic acids is 4. The molecule has 0 spiro atoms. The van der Waals surface area contributed by atoms with Crippen molar-refractivity contribution in [1.82, 2.24) is 5.32 Å². The molecule has 242 valence electrons. The lowest BCUT2D eigenvalue weighted by atomic mass is 9.95. The molecule has 8 nitrogen and oxygen atoms in total. The molecule has 1 aliphatic carbocycles. The van der Waals surface area contributed by atoms with Crippen molar-refractivity contribution in [3.63, 3.8) is 0 Å². The lowest BCUT2D eigenvalue weighted by Gasteiger charge is -2.15. The molecule has 0 bridgehead atoms. The molecule has 0 radical (unpaired) electrons. The Morgan fingerprint density at radius 1 is 0.957 bits per heavy atom. The number of nitrogens with one attached hydrogen (secondary N) is 3. The lowest BCUT2D eigenvalue weighted by Crippen LogP contribution is -2.30. The van der Waals surface area contributed by atoms with Crippen LogP contribution in [-0.2, 0) is 27.2 Å². The molecular weight excluding hydrogens is 638 g/mol. The average molecular weight is 672 g/mol. The lowest BCUT2D eigenvalue weighted by molar-refractivity contribution is -0.115. The summed E-state index contributed by atoms with van der Waals surface area (Å²) in [6.07, 6.45) is 5.17. The van der Waals surface area contributed by atoms with Gasteiger partial charge in [0.2, 0.25) is 5.91 Å². The van der Waals surface area contributed by atoms with Crippen molar-refractivity contribution in [1.29, 1.82) is 0 Å². The van der Waals surface area contributed by atoms with Crippen LogP contribution >= 0.6 is 23.1 Å². The third-order valence-electron chi connectivity index (χ3n) is 7.37. The number of ether oxygens (including phenoxy) is 1. The molecule has 1 atom stereocenters. The van der Waals surface area contributed by atoms with Gasteiger partial charge in [-0.3, -0.25) is 14.4 Å². The first-order valence-electron chi connectivity index (χ1n) is 15.3. The molecule has 1 aliphatic rings. The Bertz CT molecular complexity index is 1810. The van der Waals surface area contributed by atoms with Gasteiger partial charge in [0.05, 0.1) is 17.4 Å². The van der Waals surface area contributed by atoms with Gasteiger partial charge in [-0.15, -0.1) is 23.1 Å². The highest BCUT2D eigenvalue weighted by molar-refractivity contribution is 8.00. The van der Waals surface area contributed by atoms with Crippen molar-refractivity contribution < 1.29 is 28.3 Å². The number of amides is 3. The Morgan fingerprint density at radius 3 is 2.45 bits per heavy atom. The first-order chi connectivity index (χ1) is 22.7. The number of aryl methyl sites for hydroxylation is 1. The topological polar surface area (TPSA) is 114 Å². The zero-order valence-electron chi connectivity index (χ0n) is 25.9. The monoisotopic (exact) mass is 671 g/mol. The molecule has 4 aromatic rings. The van der Waals surface area contributed by atoms with E-state index in [1.165, 1.54) is 53.4 Å². The standard InChI is InChI=1S/C36H34FN3O5S2/c1-3-45-36(44)31-28-14-7-8-15-30(28)47-35(31)40-32(41)22(2)46-27-13-9-12-26(21-27)38-34(43)29(20-23-16-18-25(37)19-17-23)39-33(42)24-10-5-4-6-11-24/h4-6,9-13,16-22H,3,7-8,14-15H2,1-2H3,(H,38,43)(H,39,42)(H,40,41)/b29-20+. The molecule has 0 saturated heterocycles. The Kier molecular flexibility index (Phi) is 11.2. The maximum absolute atomic E-state index is 13.5. The fourth-order valence-electron chi connectivity index (χ4n) is 5.06. The summed E-state index contributed by atoms with van der Waals surface area (Å²) in [5.41, 5.74) is 2.74. The summed E-state index contributed by atoms with van der Waals surface area (Å²) in [6, 6.07) is 21.0. The minimum absolute atomic E-state index is 0.0349. The summed E-state index contributed by atoms with van der Waals surface area (Å²) in [7, 11) is 0. The number of benzene rings is 3. The molecule has 0 saturated carbocycles. The Labute approximate surface area is 280 Å². The maximum atomic E-state index is 13.5. The third kappa shape index (κ3) is 8.75. The van der Waals surface area contributed by atoms with Crippen LogP contribution in [0.3, 0.4) is 0 Å². The second kappa shape index (κ2) is 15.7. The van der Waals surface area contributed by atoms with Gasteiger partial charge in [0, 0.05) is 21.0 Å². The van der Waals surface area contributed by atoms with Gasteiger partial charge in [-0.05, 0) is 99.2 Å². The molecule has 3 aromatic carbocycles. The van der Waals surface area contributed by atoms with Gasteiger partial charge in [-0.25, -0.2) is 9.18 Å². The van der Waals surface area contributed by atoms with E-state index in [4.69, 9.17) is 4.74 Å². The highest BCUT2D eigenvalue weighted by atomic mass is 32.2. The molecule has 1 heterocycles. The van der Waals surface area contributed by atoms with Crippen molar-refractivity contribution >= 4 is 63.6 Å². The summed E-state index contributed by atoms with van der Waals surface area (Å²) >= 11 is 2.74. The largest absolute Gasteiger partial charge is 0.462 e. The normalized spacial score (nSPS) is 13.2. The van der Waals surface area contributed by atoms with Crippen LogP contribution < -0.4 is 16.0 Å². The number of hydrogen-bond acceptors (Lipinski definition) is 7. The predicted molar refractivity (Wildman–Crippen MR) is 184 cm³/mol. The van der Waals surface area contributed by atoms with Gasteiger partial charge in [0.15, 0.2) is 0 Å². The molecule has 5 rings (SSSR count). The fraction of sp³-hybridized carbons (Fsp3) is 0.222. The van der Waals surface area contributed by atoms with Gasteiger partial charge in [0.1, 0.15) is 16.5 Å². The van der Waals surface area contributed by atoms with Crippen LogP contribution in [0.1, 0.15) is 63.4 Å². The van der Waals surface area contributed by atoms with Gasteiger partial charge >= 0.3 is 5.97 Å². The highest BCUT2D eigenvalue weighted by Crippen LogP contribution is 2.39. The number of hydrogen-bond donors (Lipinski definition) is 3. The van der Waals surface area contributed by atoms with Gasteiger partial charge < -0.3 is 20.7 Å². The molecule has 11 heteroatoms. The van der Waals surface area contributed by atoms with Crippen LogP contribution in [0.25, 0.3) is 6.08 Å². The second-order valence-corrected chi connectivity index (χ2v) is 13.3. The zero-order valence-corrected chi connectivity index (χ0v) is 27.6. The number of thioether (sulfide) groups is 1. The van der Waals surface area contributed by atoms with Crippen molar-refractivity contribution in [3.8, 4) is 0 Å². The van der Waals surface area contributed by atoms with Crippen LogP contribution in [-0.4, -0.2) is 35.5 Å². The molecule has 0 aliphatic heterocycles. The molecule has 3 N–H and O–H groups in total. The summed E-state index contributed by atoms with van der Waals surface area (Å²) in [5.74, 6) is -2.16. The SMILES string of the molecule is CCOC(=O)c1c(NC(=O)C(C)Sc2cccc(NC(=O)/C(=C\c3ccc(F)cc3)NC(=O)c3ccccc3)c2)sc2c1CCCC2. The smallest absolute Gasteiger partial charge is 0.341 e. The minimum Gasteiger partial charge on any atom is -0.462 e. The molecule has 0 fully saturated rings. The second-order valence-electron chi connectivity index (χ2n) is 10.8. The van der Waals surface area contributed by atoms with Crippen LogP contribution in [0.15, 0.2) is 89.5 Å². The summed E-state index contributed by atoms with van der Waals surface area (Å²) in [5, 5.41) is 8.43. The third-order valence-corrected chi connectivity index (χ3v) is 9.67. The van der Waals surface area contributed by atoms with E-state index in [1.807, 2.05) is 6.07 Å². The van der Waals surface area contributed by atoms with Gasteiger partial charge in [0.25, 0.3) is 11.8 Å². The molecule has 3 amide bonds. The summed E-state index contributed by atoms with van der Waals surface area (Å²) < 4.78 is 18.8. The van der Waals surface area contributed by atoms with E-state index in [0.717, 1.165) is 41.0 Å². The van der Waals surface area contributed by atoms with Crippen LogP contribution in [0.4, 0.5) is 15.1 Å². The van der Waals surface area contributed by atoms with Gasteiger partial charge in [-0.2, -0.15) is 0 Å². The quantitative estimate of drug-likeness (QED) is 0.0866. The molecule has 1 aromatic heterocycles. The van der Waals surface area contributed by atoms with E-state index in [-0.39, 0.29) is 18.2 Å². The average Bonchev–Trinajstić information content (AvgIpc) is 3.44. The fourth-order valence-corrected chi connectivity index (χ4v) is 7.26. The predicted octanol–water partition coefficient (Wildman–Crippen LogP) is 7.47. The van der Waals surface area contributed by atoms with E-state index in [0.29, 0.717) is 27.4 Å². The maximum Gasteiger partial charge on any atom is 0.341 e. The van der Waals surface area contributed by atoms with Crippen molar-refractivity contribution in [2.45, 2.75) is 49.7 Å². The molecule has 47 heavy (non-hydrogen) atoms. The van der Waals surface area contributed by atoms with E-state index in [2.05, 4.69) is 16.0 Å². The van der Waals surface area contributed by atoms with E-state index in [9.17, 15) is 23.6 Å². The number of fused-ring (bicyclic) bond motifs is 1. The Hall–Kier alpha value is -4.74. The Balaban J connectivity index is 1.29. The van der Waals surface area contributed by atoms with Crippen LogP contribution in [0, 0.1) is 5.82 Å². The van der Waals surface area contributed by atoms with Crippen LogP contribution in [0.5, 0.6) is 0 Å². The van der Waals surface area contributed by atoms with Crippen LogP contribution in [0.2, 0.25) is 0 Å². The zero-order chi connectivity index (χ0) is 33.3. The highest BCUT2D eigenvalue weighted by Gasteiger charge is 2.28. The number of anilines is 2. The van der Waals surface area contributed by atoms with E-state index < -0.39 is 28.9 Å². The van der Waals surface area contributed by atoms with E-state index >= 15 is 0 Å².